The Labute approximate surface area is 122 Å². The van der Waals surface area contributed by atoms with Gasteiger partial charge in [-0.15, -0.1) is 0 Å². The Kier molecular flexibility index (Phi) is 3.96. The lowest BCUT2D eigenvalue weighted by molar-refractivity contribution is 0.522. The average Bonchev–Trinajstić information content (AvgIpc) is 2.30. The van der Waals surface area contributed by atoms with Crippen LogP contribution in [0.4, 0.5) is 20.2 Å². The quantitative estimate of drug-likeness (QED) is 0.824. The van der Waals surface area contributed by atoms with Crippen LogP contribution in [0, 0.1) is 11.6 Å². The third-order valence-corrected chi connectivity index (χ3v) is 4.52. The van der Waals surface area contributed by atoms with Crippen LogP contribution in [0.3, 0.4) is 0 Å². The molecule has 2 aromatic carbocycles. The molecule has 0 fully saturated rings. The summed E-state index contributed by atoms with van der Waals surface area (Å²) in [7, 11) is -4.40. The van der Waals surface area contributed by atoms with E-state index in [1.165, 1.54) is 6.07 Å². The lowest BCUT2D eigenvalue weighted by Gasteiger charge is -2.11. The highest BCUT2D eigenvalue weighted by atomic mass is 79.9. The molecular weight excluding hydrogens is 354 g/mol. The fraction of sp³-hybridized carbons (Fsp3) is 0. The summed E-state index contributed by atoms with van der Waals surface area (Å²) < 4.78 is 54.0. The Hall–Kier alpha value is -1.67. The second-order valence-electron chi connectivity index (χ2n) is 3.90. The number of hydrogen-bond acceptors (Lipinski definition) is 3. The number of nitrogen functional groups attached to an aromatic ring is 1. The monoisotopic (exact) mass is 362 g/mol. The molecule has 0 aliphatic heterocycles. The van der Waals surface area contributed by atoms with Gasteiger partial charge in [-0.05, 0) is 40.2 Å². The number of rotatable bonds is 3. The summed E-state index contributed by atoms with van der Waals surface area (Å²) >= 11 is 3.14. The number of hydrogen-bond donors (Lipinski definition) is 2. The number of nitrogens with one attached hydrogen (secondary N) is 1. The van der Waals surface area contributed by atoms with Gasteiger partial charge in [-0.2, -0.15) is 0 Å². The highest BCUT2D eigenvalue weighted by molar-refractivity contribution is 9.10. The van der Waals surface area contributed by atoms with E-state index >= 15 is 0 Å². The number of sulfonamides is 1. The van der Waals surface area contributed by atoms with E-state index in [9.17, 15) is 17.2 Å². The SMILES string of the molecule is Nc1cc(F)c(S(=O)(=O)Nc2ccccc2Br)c(F)c1. The van der Waals surface area contributed by atoms with Crippen molar-refractivity contribution in [2.75, 3.05) is 10.5 Å². The van der Waals surface area contributed by atoms with Gasteiger partial charge in [0.05, 0.1) is 5.69 Å². The lowest BCUT2D eigenvalue weighted by Crippen LogP contribution is -2.17. The van der Waals surface area contributed by atoms with Crippen molar-refractivity contribution in [2.24, 2.45) is 0 Å². The molecule has 106 valence electrons. The second kappa shape index (κ2) is 5.37. The Morgan fingerprint density at radius 2 is 1.65 bits per heavy atom. The summed E-state index contributed by atoms with van der Waals surface area (Å²) in [6.07, 6.45) is 0. The number of benzene rings is 2. The van der Waals surface area contributed by atoms with Crippen molar-refractivity contribution >= 4 is 37.3 Å². The van der Waals surface area contributed by atoms with Crippen molar-refractivity contribution in [1.82, 2.24) is 0 Å². The summed E-state index contributed by atoms with van der Waals surface area (Å²) in [6.45, 7) is 0. The normalized spacial score (nSPS) is 11.3. The fourth-order valence-corrected chi connectivity index (χ4v) is 3.29. The minimum atomic E-state index is -4.40. The Balaban J connectivity index is 2.50. The first-order chi connectivity index (χ1) is 9.31. The van der Waals surface area contributed by atoms with Crippen molar-refractivity contribution in [2.45, 2.75) is 4.90 Å². The Bertz CT molecular complexity index is 743. The third kappa shape index (κ3) is 2.91. The van der Waals surface area contributed by atoms with Crippen LogP contribution in [0.2, 0.25) is 0 Å². The van der Waals surface area contributed by atoms with E-state index in [2.05, 4.69) is 20.7 Å². The molecule has 0 bridgehead atoms. The van der Waals surface area contributed by atoms with Gasteiger partial charge in [0.15, 0.2) is 4.90 Å². The maximum absolute atomic E-state index is 13.7. The molecule has 2 aromatic rings. The average molecular weight is 363 g/mol. The largest absolute Gasteiger partial charge is 0.399 e. The molecule has 4 nitrogen and oxygen atoms in total. The van der Waals surface area contributed by atoms with Crippen molar-refractivity contribution in [3.63, 3.8) is 0 Å². The van der Waals surface area contributed by atoms with Gasteiger partial charge in [-0.1, -0.05) is 12.1 Å². The van der Waals surface area contributed by atoms with E-state index in [1.54, 1.807) is 18.2 Å². The van der Waals surface area contributed by atoms with Crippen molar-refractivity contribution in [1.29, 1.82) is 0 Å². The fourth-order valence-electron chi connectivity index (χ4n) is 1.58. The zero-order chi connectivity index (χ0) is 14.9. The molecule has 0 amide bonds. The molecule has 0 unspecified atom stereocenters. The zero-order valence-corrected chi connectivity index (χ0v) is 12.3. The van der Waals surface area contributed by atoms with Crippen molar-refractivity contribution < 1.29 is 17.2 Å². The zero-order valence-electron chi connectivity index (χ0n) is 9.90. The van der Waals surface area contributed by atoms with Crippen LogP contribution in [0.5, 0.6) is 0 Å². The summed E-state index contributed by atoms with van der Waals surface area (Å²) in [4.78, 5) is -1.07. The van der Waals surface area contributed by atoms with E-state index in [1.807, 2.05) is 0 Å². The first-order valence-corrected chi connectivity index (χ1v) is 7.61. The van der Waals surface area contributed by atoms with Crippen LogP contribution in [-0.2, 0) is 10.0 Å². The van der Waals surface area contributed by atoms with E-state index in [4.69, 9.17) is 5.73 Å². The molecule has 20 heavy (non-hydrogen) atoms. The molecule has 0 aliphatic carbocycles. The molecule has 0 atom stereocenters. The number of nitrogens with two attached hydrogens (primary N) is 1. The summed E-state index contributed by atoms with van der Waals surface area (Å²) in [5, 5.41) is 0. The van der Waals surface area contributed by atoms with Crippen molar-refractivity contribution in [3.8, 4) is 0 Å². The standard InChI is InChI=1S/C12H9BrF2N2O2S/c13-8-3-1-2-4-11(8)17-20(18,19)12-9(14)5-7(16)6-10(12)15/h1-6,17H,16H2. The van der Waals surface area contributed by atoms with Crippen LogP contribution in [0.25, 0.3) is 0 Å². The second-order valence-corrected chi connectivity index (χ2v) is 6.37. The van der Waals surface area contributed by atoms with Gasteiger partial charge < -0.3 is 5.73 Å². The highest BCUT2D eigenvalue weighted by Crippen LogP contribution is 2.27. The summed E-state index contributed by atoms with van der Waals surface area (Å²) in [5.41, 5.74) is 5.22. The van der Waals surface area contributed by atoms with Gasteiger partial charge >= 0.3 is 0 Å². The molecule has 0 aliphatic rings. The Morgan fingerprint density at radius 1 is 1.10 bits per heavy atom. The maximum Gasteiger partial charge on any atom is 0.267 e. The van der Waals surface area contributed by atoms with E-state index in [-0.39, 0.29) is 11.4 Å². The number of halogens is 3. The first kappa shape index (κ1) is 14.7. The van der Waals surface area contributed by atoms with E-state index in [0.29, 0.717) is 4.47 Å². The van der Waals surface area contributed by atoms with E-state index < -0.39 is 26.6 Å². The summed E-state index contributed by atoms with van der Waals surface area (Å²) in [5.74, 6) is -2.50. The predicted octanol–water partition coefficient (Wildman–Crippen LogP) is 3.11. The van der Waals surface area contributed by atoms with Gasteiger partial charge in [0.25, 0.3) is 10.0 Å². The topological polar surface area (TPSA) is 72.2 Å². The molecule has 3 N–H and O–H groups in total. The predicted molar refractivity (Wildman–Crippen MR) is 75.7 cm³/mol. The van der Waals surface area contributed by atoms with E-state index in [0.717, 1.165) is 12.1 Å². The molecule has 8 heteroatoms. The van der Waals surface area contributed by atoms with Crippen LogP contribution >= 0.6 is 15.9 Å². The van der Waals surface area contributed by atoms with Gasteiger partial charge in [-0.25, -0.2) is 17.2 Å². The van der Waals surface area contributed by atoms with Gasteiger partial charge in [0, 0.05) is 10.2 Å². The maximum atomic E-state index is 13.7. The van der Waals surface area contributed by atoms with Crippen LogP contribution in [-0.4, -0.2) is 8.42 Å². The molecule has 0 aromatic heterocycles. The lowest BCUT2D eigenvalue weighted by atomic mass is 10.3. The summed E-state index contributed by atoms with van der Waals surface area (Å²) in [6, 6.07) is 7.79. The van der Waals surface area contributed by atoms with Crippen molar-refractivity contribution in [3.05, 3.63) is 52.5 Å². The number of para-hydroxylation sites is 1. The van der Waals surface area contributed by atoms with Crippen LogP contribution < -0.4 is 10.5 Å². The van der Waals surface area contributed by atoms with Crippen LogP contribution in [0.1, 0.15) is 0 Å². The molecule has 2 rings (SSSR count). The molecule has 0 saturated carbocycles. The Morgan fingerprint density at radius 3 is 2.20 bits per heavy atom. The highest BCUT2D eigenvalue weighted by Gasteiger charge is 2.25. The first-order valence-electron chi connectivity index (χ1n) is 5.33. The van der Waals surface area contributed by atoms with Gasteiger partial charge in [0.1, 0.15) is 11.6 Å². The molecule has 0 heterocycles. The smallest absolute Gasteiger partial charge is 0.267 e. The van der Waals surface area contributed by atoms with Crippen LogP contribution in [0.15, 0.2) is 45.8 Å². The minimum absolute atomic E-state index is 0.170. The number of anilines is 2. The molecule has 0 spiro atoms. The molecule has 0 radical (unpaired) electrons. The minimum Gasteiger partial charge on any atom is -0.399 e. The van der Waals surface area contributed by atoms with Gasteiger partial charge in [0.2, 0.25) is 0 Å². The molecule has 0 saturated heterocycles. The third-order valence-electron chi connectivity index (χ3n) is 2.41. The van der Waals surface area contributed by atoms with Gasteiger partial charge in [-0.3, -0.25) is 4.72 Å². The molecular formula is C12H9BrF2N2O2S.